The standard InChI is InChI=1S/C14H22N2OS/c1-16(12-6-7-18-10-12)14(9-15)11-4-3-5-13(8-11)17-2/h3-5,8,12,14H,6-7,9-10,15H2,1-2H3. The van der Waals surface area contributed by atoms with Crippen molar-refractivity contribution in [2.24, 2.45) is 5.73 Å². The van der Waals surface area contributed by atoms with Gasteiger partial charge in [0, 0.05) is 24.4 Å². The minimum Gasteiger partial charge on any atom is -0.497 e. The Morgan fingerprint density at radius 2 is 2.39 bits per heavy atom. The van der Waals surface area contributed by atoms with Crippen LogP contribution in [0.25, 0.3) is 0 Å². The van der Waals surface area contributed by atoms with Gasteiger partial charge in [-0.25, -0.2) is 0 Å². The molecule has 1 heterocycles. The Bertz CT molecular complexity index is 380. The summed E-state index contributed by atoms with van der Waals surface area (Å²) in [6.45, 7) is 0.644. The maximum atomic E-state index is 5.98. The van der Waals surface area contributed by atoms with Crippen molar-refractivity contribution in [3.8, 4) is 5.75 Å². The average Bonchev–Trinajstić information content (AvgIpc) is 2.93. The zero-order valence-electron chi connectivity index (χ0n) is 11.1. The molecule has 2 rings (SSSR count). The first-order chi connectivity index (χ1) is 8.76. The Morgan fingerprint density at radius 1 is 1.56 bits per heavy atom. The monoisotopic (exact) mass is 266 g/mol. The van der Waals surface area contributed by atoms with Crippen molar-refractivity contribution in [1.82, 2.24) is 4.90 Å². The number of thioether (sulfide) groups is 1. The fraction of sp³-hybridized carbons (Fsp3) is 0.571. The molecule has 2 unspecified atom stereocenters. The van der Waals surface area contributed by atoms with E-state index in [-0.39, 0.29) is 6.04 Å². The summed E-state index contributed by atoms with van der Waals surface area (Å²) in [7, 11) is 3.89. The lowest BCUT2D eigenvalue weighted by molar-refractivity contribution is 0.192. The molecule has 1 aromatic rings. The summed E-state index contributed by atoms with van der Waals surface area (Å²) >= 11 is 2.03. The molecule has 0 spiro atoms. The number of benzene rings is 1. The van der Waals surface area contributed by atoms with Crippen molar-refractivity contribution in [2.45, 2.75) is 18.5 Å². The number of rotatable bonds is 5. The summed E-state index contributed by atoms with van der Waals surface area (Å²) in [4.78, 5) is 2.43. The van der Waals surface area contributed by atoms with Crippen LogP contribution in [0.5, 0.6) is 5.75 Å². The Hall–Kier alpha value is -0.710. The van der Waals surface area contributed by atoms with Crippen LogP contribution >= 0.6 is 11.8 Å². The highest BCUT2D eigenvalue weighted by molar-refractivity contribution is 7.99. The van der Waals surface area contributed by atoms with E-state index >= 15 is 0 Å². The predicted octanol–water partition coefficient (Wildman–Crippen LogP) is 2.13. The molecule has 0 aromatic heterocycles. The molecule has 3 nitrogen and oxygen atoms in total. The van der Waals surface area contributed by atoms with Gasteiger partial charge < -0.3 is 10.5 Å². The summed E-state index contributed by atoms with van der Waals surface area (Å²) < 4.78 is 5.29. The van der Waals surface area contributed by atoms with E-state index in [1.165, 1.54) is 23.5 Å². The van der Waals surface area contributed by atoms with E-state index in [9.17, 15) is 0 Å². The third kappa shape index (κ3) is 2.99. The lowest BCUT2D eigenvalue weighted by Crippen LogP contribution is -2.38. The first-order valence-corrected chi connectivity index (χ1v) is 7.55. The van der Waals surface area contributed by atoms with Crippen LogP contribution in [0.4, 0.5) is 0 Å². The highest BCUT2D eigenvalue weighted by atomic mass is 32.2. The van der Waals surface area contributed by atoms with Crippen molar-refractivity contribution in [2.75, 3.05) is 32.2 Å². The lowest BCUT2D eigenvalue weighted by Gasteiger charge is -2.32. The summed E-state index contributed by atoms with van der Waals surface area (Å²) in [5.41, 5.74) is 7.22. The van der Waals surface area contributed by atoms with Gasteiger partial charge in [0.1, 0.15) is 5.75 Å². The Balaban J connectivity index is 2.15. The van der Waals surface area contributed by atoms with Gasteiger partial charge in [0.2, 0.25) is 0 Å². The fourth-order valence-electron chi connectivity index (χ4n) is 2.48. The normalized spacial score (nSPS) is 21.2. The van der Waals surface area contributed by atoms with E-state index in [4.69, 9.17) is 10.5 Å². The molecule has 1 fully saturated rings. The summed E-state index contributed by atoms with van der Waals surface area (Å²) in [6, 6.07) is 9.17. The second kappa shape index (κ2) is 6.45. The third-order valence-corrected chi connectivity index (χ3v) is 4.82. The van der Waals surface area contributed by atoms with Crippen LogP contribution in [0.1, 0.15) is 18.0 Å². The molecule has 2 N–H and O–H groups in total. The molecule has 1 aromatic carbocycles. The van der Waals surface area contributed by atoms with Crippen molar-refractivity contribution in [1.29, 1.82) is 0 Å². The molecule has 0 radical (unpaired) electrons. The zero-order valence-corrected chi connectivity index (χ0v) is 12.0. The van der Waals surface area contributed by atoms with Gasteiger partial charge in [-0.15, -0.1) is 0 Å². The topological polar surface area (TPSA) is 38.5 Å². The van der Waals surface area contributed by atoms with Gasteiger partial charge in [0.15, 0.2) is 0 Å². The molecule has 1 aliphatic heterocycles. The maximum Gasteiger partial charge on any atom is 0.119 e. The van der Waals surface area contributed by atoms with Crippen molar-refractivity contribution < 1.29 is 4.74 Å². The largest absolute Gasteiger partial charge is 0.497 e. The van der Waals surface area contributed by atoms with Crippen molar-refractivity contribution >= 4 is 11.8 Å². The smallest absolute Gasteiger partial charge is 0.119 e. The summed E-state index contributed by atoms with van der Waals surface area (Å²) in [5.74, 6) is 3.39. The zero-order chi connectivity index (χ0) is 13.0. The molecule has 100 valence electrons. The molecule has 1 saturated heterocycles. The van der Waals surface area contributed by atoms with Crippen LogP contribution < -0.4 is 10.5 Å². The van der Waals surface area contributed by atoms with Crippen LogP contribution in [0.3, 0.4) is 0 Å². The Morgan fingerprint density at radius 3 is 3.00 bits per heavy atom. The Kier molecular flexibility index (Phi) is 4.92. The highest BCUT2D eigenvalue weighted by Gasteiger charge is 2.26. The van der Waals surface area contributed by atoms with E-state index in [0.29, 0.717) is 12.6 Å². The van der Waals surface area contributed by atoms with E-state index < -0.39 is 0 Å². The highest BCUT2D eigenvalue weighted by Crippen LogP contribution is 2.29. The summed E-state index contributed by atoms with van der Waals surface area (Å²) in [5, 5.41) is 0. The van der Waals surface area contributed by atoms with Gasteiger partial charge in [0.05, 0.1) is 7.11 Å². The molecule has 0 bridgehead atoms. The van der Waals surface area contributed by atoms with Crippen LogP contribution in [0.15, 0.2) is 24.3 Å². The van der Waals surface area contributed by atoms with E-state index in [1.54, 1.807) is 7.11 Å². The molecule has 0 amide bonds. The fourth-order valence-corrected chi connectivity index (χ4v) is 3.76. The van der Waals surface area contributed by atoms with Crippen LogP contribution in [0.2, 0.25) is 0 Å². The SMILES string of the molecule is COc1cccc(C(CN)N(C)C2CCSC2)c1. The molecular formula is C14H22N2OS. The molecule has 0 saturated carbocycles. The number of hydrogen-bond acceptors (Lipinski definition) is 4. The molecule has 18 heavy (non-hydrogen) atoms. The van der Waals surface area contributed by atoms with Crippen molar-refractivity contribution in [3.05, 3.63) is 29.8 Å². The van der Waals surface area contributed by atoms with Crippen LogP contribution in [0, 0.1) is 0 Å². The quantitative estimate of drug-likeness (QED) is 0.886. The van der Waals surface area contributed by atoms with Crippen LogP contribution in [-0.2, 0) is 0 Å². The van der Waals surface area contributed by atoms with Crippen LogP contribution in [-0.4, -0.2) is 43.1 Å². The lowest BCUT2D eigenvalue weighted by atomic mass is 10.0. The van der Waals surface area contributed by atoms with Gasteiger partial charge in [-0.2, -0.15) is 11.8 Å². The molecule has 1 aliphatic rings. The Labute approximate surface area is 114 Å². The third-order valence-electron chi connectivity index (χ3n) is 3.68. The van der Waals surface area contributed by atoms with Gasteiger partial charge in [0.25, 0.3) is 0 Å². The van der Waals surface area contributed by atoms with E-state index in [0.717, 1.165) is 5.75 Å². The molecule has 4 heteroatoms. The minimum absolute atomic E-state index is 0.281. The molecule has 2 atom stereocenters. The van der Waals surface area contributed by atoms with E-state index in [2.05, 4.69) is 24.1 Å². The number of nitrogens with zero attached hydrogens (tertiary/aromatic N) is 1. The molecule has 0 aliphatic carbocycles. The van der Waals surface area contributed by atoms with Gasteiger partial charge >= 0.3 is 0 Å². The number of hydrogen-bond donors (Lipinski definition) is 1. The van der Waals surface area contributed by atoms with Gasteiger partial charge in [-0.3, -0.25) is 4.90 Å². The van der Waals surface area contributed by atoms with Gasteiger partial charge in [-0.05, 0) is 36.9 Å². The first-order valence-electron chi connectivity index (χ1n) is 6.40. The van der Waals surface area contributed by atoms with E-state index in [1.807, 2.05) is 23.9 Å². The second-order valence-electron chi connectivity index (χ2n) is 4.71. The average molecular weight is 266 g/mol. The van der Waals surface area contributed by atoms with Gasteiger partial charge in [-0.1, -0.05) is 12.1 Å². The minimum atomic E-state index is 0.281. The summed E-state index contributed by atoms with van der Waals surface area (Å²) in [6.07, 6.45) is 1.27. The number of nitrogens with two attached hydrogens (primary N) is 1. The van der Waals surface area contributed by atoms with Crippen molar-refractivity contribution in [3.63, 3.8) is 0 Å². The second-order valence-corrected chi connectivity index (χ2v) is 5.86. The predicted molar refractivity (Wildman–Crippen MR) is 78.3 cm³/mol. The first kappa shape index (κ1) is 13.7. The molecular weight excluding hydrogens is 244 g/mol. The number of likely N-dealkylation sites (N-methyl/N-ethyl adjacent to an activating group) is 1. The maximum absolute atomic E-state index is 5.98. The number of methoxy groups -OCH3 is 1. The number of ether oxygens (including phenoxy) is 1.